The molecule has 40 heavy (non-hydrogen) atoms. The predicted octanol–water partition coefficient (Wildman–Crippen LogP) is 9.55. The summed E-state index contributed by atoms with van der Waals surface area (Å²) in [5.74, 6) is 2.08. The number of fused-ring (bicyclic) bond motifs is 3. The first-order valence-corrected chi connectivity index (χ1v) is 14.3. The summed E-state index contributed by atoms with van der Waals surface area (Å²) in [6.45, 7) is 2.78. The monoisotopic (exact) mass is 568 g/mol. The molecule has 2 aliphatic rings. The van der Waals surface area contributed by atoms with Gasteiger partial charge in [-0.25, -0.2) is 0 Å². The number of rotatable bonds is 8. The molecule has 0 bridgehead atoms. The van der Waals surface area contributed by atoms with Gasteiger partial charge in [0.25, 0.3) is 0 Å². The molecule has 4 aromatic rings. The molecular formula is C34H30Cl2N2O2. The Balaban J connectivity index is 1.17. The molecule has 0 amide bonds. The van der Waals surface area contributed by atoms with Crippen LogP contribution in [0.3, 0.4) is 0 Å². The van der Waals surface area contributed by atoms with Crippen LogP contribution in [-0.4, -0.2) is 12.8 Å². The average molecular weight is 570 g/mol. The minimum Gasteiger partial charge on any atom is -0.490 e. The van der Waals surface area contributed by atoms with Crippen molar-refractivity contribution >= 4 is 40.8 Å². The van der Waals surface area contributed by atoms with Gasteiger partial charge in [0, 0.05) is 22.8 Å². The Morgan fingerprint density at radius 3 is 2.55 bits per heavy atom. The van der Waals surface area contributed by atoms with Crippen molar-refractivity contribution in [2.75, 3.05) is 11.9 Å². The Hall–Kier alpha value is -3.73. The minimum absolute atomic E-state index is 0.265. The van der Waals surface area contributed by atoms with Gasteiger partial charge < -0.3 is 14.8 Å². The van der Waals surface area contributed by atoms with Crippen LogP contribution in [0.5, 0.6) is 11.5 Å². The zero-order valence-corrected chi connectivity index (χ0v) is 23.7. The van der Waals surface area contributed by atoms with Gasteiger partial charge >= 0.3 is 0 Å². The van der Waals surface area contributed by atoms with Gasteiger partial charge in [-0.2, -0.15) is 0 Å². The number of aliphatic imine (C=N–C) groups is 1. The van der Waals surface area contributed by atoms with Gasteiger partial charge in [0.1, 0.15) is 6.61 Å². The zero-order chi connectivity index (χ0) is 27.5. The van der Waals surface area contributed by atoms with E-state index in [1.54, 1.807) is 6.21 Å². The van der Waals surface area contributed by atoms with E-state index in [1.165, 1.54) is 16.8 Å². The number of hydrogen-bond donors (Lipinski definition) is 1. The molecule has 1 heterocycles. The maximum atomic E-state index is 6.63. The smallest absolute Gasteiger partial charge is 0.180 e. The third-order valence-electron chi connectivity index (χ3n) is 7.52. The van der Waals surface area contributed by atoms with Crippen molar-refractivity contribution in [3.05, 3.63) is 129 Å². The van der Waals surface area contributed by atoms with E-state index >= 15 is 0 Å². The average Bonchev–Trinajstić information content (AvgIpc) is 3.47. The van der Waals surface area contributed by atoms with Crippen molar-refractivity contribution in [3.63, 3.8) is 0 Å². The lowest BCUT2D eigenvalue weighted by molar-refractivity contribution is 0.269. The SMILES string of the molecule is CCOc1cc(C=Nc2ccc([C@@H]3Nc4ccccc4[C@H]4C=CC[C@@H]43)cc2)cc(Cl)c1OCc1ccc(Cl)cc1. The first-order chi connectivity index (χ1) is 19.6. The van der Waals surface area contributed by atoms with Gasteiger partial charge in [-0.05, 0) is 84.0 Å². The second kappa shape index (κ2) is 11.8. The second-order valence-corrected chi connectivity index (χ2v) is 10.9. The summed E-state index contributed by atoms with van der Waals surface area (Å²) < 4.78 is 11.9. The number of allylic oxidation sites excluding steroid dienone is 2. The van der Waals surface area contributed by atoms with Gasteiger partial charge in [-0.3, -0.25) is 4.99 Å². The third kappa shape index (κ3) is 5.60. The zero-order valence-electron chi connectivity index (χ0n) is 22.2. The fraction of sp³-hybridized carbons (Fsp3) is 0.206. The largest absolute Gasteiger partial charge is 0.490 e. The van der Waals surface area contributed by atoms with E-state index in [2.05, 4.69) is 66.0 Å². The summed E-state index contributed by atoms with van der Waals surface area (Å²) in [6, 6.07) is 28.7. The fourth-order valence-corrected chi connectivity index (χ4v) is 5.99. The van der Waals surface area contributed by atoms with Crippen LogP contribution in [-0.2, 0) is 6.61 Å². The van der Waals surface area contributed by atoms with Crippen molar-refractivity contribution in [1.29, 1.82) is 0 Å². The summed E-state index contributed by atoms with van der Waals surface area (Å²) in [5.41, 5.74) is 6.59. The Kier molecular flexibility index (Phi) is 7.81. The number of hydrogen-bond acceptors (Lipinski definition) is 4. The standard InChI is InChI=1S/C34H30Cl2N2O2/c1-2-39-32-19-23(18-30(36)34(32)40-21-22-10-14-25(35)15-11-22)20-37-26-16-12-24(13-17-26)33-29-8-5-7-27(29)28-6-3-4-9-31(28)38-33/h3-7,9-20,27,29,33,38H,2,8,21H2,1H3/t27-,29+,33+/m1/s1. The molecule has 0 spiro atoms. The number of nitrogens with zero attached hydrogens (tertiary/aromatic N) is 1. The van der Waals surface area contributed by atoms with E-state index in [0.29, 0.717) is 46.6 Å². The van der Waals surface area contributed by atoms with Gasteiger partial charge in [0.05, 0.1) is 23.4 Å². The van der Waals surface area contributed by atoms with Crippen molar-refractivity contribution < 1.29 is 9.47 Å². The number of ether oxygens (including phenoxy) is 2. The molecule has 1 N–H and O–H groups in total. The molecule has 0 saturated carbocycles. The Morgan fingerprint density at radius 1 is 0.950 bits per heavy atom. The van der Waals surface area contributed by atoms with E-state index in [1.807, 2.05) is 43.3 Å². The van der Waals surface area contributed by atoms with Crippen LogP contribution in [0.2, 0.25) is 10.0 Å². The highest BCUT2D eigenvalue weighted by atomic mass is 35.5. The lowest BCUT2D eigenvalue weighted by Gasteiger charge is -2.37. The summed E-state index contributed by atoms with van der Waals surface area (Å²) in [7, 11) is 0. The summed E-state index contributed by atoms with van der Waals surface area (Å²) in [6.07, 6.45) is 7.57. The molecule has 0 unspecified atom stereocenters. The van der Waals surface area contributed by atoms with Crippen LogP contribution in [0.4, 0.5) is 11.4 Å². The molecule has 0 radical (unpaired) electrons. The number of para-hydroxylation sites is 1. The first-order valence-electron chi connectivity index (χ1n) is 13.6. The van der Waals surface area contributed by atoms with Crippen LogP contribution in [0, 0.1) is 5.92 Å². The summed E-state index contributed by atoms with van der Waals surface area (Å²) >= 11 is 12.6. The van der Waals surface area contributed by atoms with Gasteiger partial charge in [-0.15, -0.1) is 0 Å². The summed E-state index contributed by atoms with van der Waals surface area (Å²) in [4.78, 5) is 4.71. The van der Waals surface area contributed by atoms with Crippen molar-refractivity contribution in [1.82, 2.24) is 0 Å². The van der Waals surface area contributed by atoms with Crippen LogP contribution in [0.1, 0.15) is 47.6 Å². The first kappa shape index (κ1) is 26.5. The number of benzene rings is 4. The van der Waals surface area contributed by atoms with E-state index in [0.717, 1.165) is 23.2 Å². The Bertz CT molecular complexity index is 1550. The molecule has 202 valence electrons. The molecule has 1 aliphatic heterocycles. The predicted molar refractivity (Wildman–Crippen MR) is 165 cm³/mol. The molecule has 0 aromatic heterocycles. The van der Waals surface area contributed by atoms with E-state index in [9.17, 15) is 0 Å². The van der Waals surface area contributed by atoms with Gasteiger partial charge in [0.2, 0.25) is 0 Å². The van der Waals surface area contributed by atoms with Crippen LogP contribution < -0.4 is 14.8 Å². The second-order valence-electron chi connectivity index (χ2n) is 10.1. The molecule has 6 rings (SSSR count). The fourth-order valence-electron chi connectivity index (χ4n) is 5.59. The van der Waals surface area contributed by atoms with Crippen LogP contribution in [0.25, 0.3) is 0 Å². The van der Waals surface area contributed by atoms with Gasteiger partial charge in [-0.1, -0.05) is 77.8 Å². The molecule has 0 saturated heterocycles. The van der Waals surface area contributed by atoms with Crippen LogP contribution >= 0.6 is 23.2 Å². The molecule has 1 aliphatic carbocycles. The number of anilines is 1. The van der Waals surface area contributed by atoms with E-state index in [-0.39, 0.29) is 6.04 Å². The molecule has 0 fully saturated rings. The van der Waals surface area contributed by atoms with Gasteiger partial charge in [0.15, 0.2) is 11.5 Å². The highest BCUT2D eigenvalue weighted by molar-refractivity contribution is 6.32. The lowest BCUT2D eigenvalue weighted by atomic mass is 9.77. The van der Waals surface area contributed by atoms with E-state index in [4.69, 9.17) is 37.7 Å². The van der Waals surface area contributed by atoms with Crippen LogP contribution in [0.15, 0.2) is 102 Å². The van der Waals surface area contributed by atoms with Crippen molar-refractivity contribution in [2.24, 2.45) is 10.9 Å². The molecule has 4 aromatic carbocycles. The highest BCUT2D eigenvalue weighted by Crippen LogP contribution is 2.49. The molecular weight excluding hydrogens is 539 g/mol. The number of halogens is 2. The third-order valence-corrected chi connectivity index (χ3v) is 8.05. The van der Waals surface area contributed by atoms with Crippen molar-refractivity contribution in [2.45, 2.75) is 31.9 Å². The maximum Gasteiger partial charge on any atom is 0.180 e. The Morgan fingerprint density at radius 2 is 1.75 bits per heavy atom. The number of nitrogens with one attached hydrogen (secondary N) is 1. The topological polar surface area (TPSA) is 42.8 Å². The van der Waals surface area contributed by atoms with Crippen molar-refractivity contribution in [3.8, 4) is 11.5 Å². The molecule has 6 heteroatoms. The quantitative estimate of drug-likeness (QED) is 0.170. The minimum atomic E-state index is 0.265. The summed E-state index contributed by atoms with van der Waals surface area (Å²) in [5, 5.41) is 4.95. The van der Waals surface area contributed by atoms with E-state index < -0.39 is 0 Å². The lowest BCUT2D eigenvalue weighted by Crippen LogP contribution is -2.28. The molecule has 3 atom stereocenters. The maximum absolute atomic E-state index is 6.63. The Labute approximate surface area is 245 Å². The normalized spacial score (nSPS) is 19.2. The highest BCUT2D eigenvalue weighted by Gasteiger charge is 2.37. The molecule has 4 nitrogen and oxygen atoms in total.